The quantitative estimate of drug-likeness (QED) is 0.787. The van der Waals surface area contributed by atoms with Gasteiger partial charge in [-0.25, -0.2) is 4.68 Å². The monoisotopic (exact) mass is 315 g/mol. The molecule has 1 aromatic heterocycles. The summed E-state index contributed by atoms with van der Waals surface area (Å²) in [6.45, 7) is 6.01. The first kappa shape index (κ1) is 16.0. The van der Waals surface area contributed by atoms with E-state index in [1.807, 2.05) is 35.1 Å². The molecule has 0 bridgehead atoms. The average molecular weight is 315 g/mol. The maximum Gasteiger partial charge on any atom is 0.144 e. The summed E-state index contributed by atoms with van der Waals surface area (Å²) in [5.74, 6) is 0.828. The van der Waals surface area contributed by atoms with Gasteiger partial charge in [0.05, 0.1) is 19.4 Å². The van der Waals surface area contributed by atoms with Crippen LogP contribution in [0.15, 0.2) is 36.7 Å². The van der Waals surface area contributed by atoms with E-state index in [1.54, 1.807) is 7.11 Å². The second kappa shape index (κ2) is 7.62. The zero-order chi connectivity index (χ0) is 16.1. The molecule has 1 saturated heterocycles. The van der Waals surface area contributed by atoms with Crippen LogP contribution in [0.5, 0.6) is 5.75 Å². The Bertz CT molecular complexity index is 620. The summed E-state index contributed by atoms with van der Waals surface area (Å²) < 4.78 is 13.0. The van der Waals surface area contributed by atoms with Crippen molar-refractivity contribution in [3.63, 3.8) is 0 Å². The maximum absolute atomic E-state index is 5.75. The van der Waals surface area contributed by atoms with E-state index in [0.717, 1.165) is 37.7 Å². The molecule has 2 aromatic rings. The predicted molar refractivity (Wildman–Crippen MR) is 90.0 cm³/mol. The Balaban J connectivity index is 1.68. The molecule has 0 N–H and O–H groups in total. The number of para-hydroxylation sites is 2. The van der Waals surface area contributed by atoms with Crippen LogP contribution in [0.3, 0.4) is 0 Å². The molecule has 23 heavy (non-hydrogen) atoms. The Morgan fingerprint density at radius 2 is 2.26 bits per heavy atom. The van der Waals surface area contributed by atoms with Crippen LogP contribution in [-0.4, -0.2) is 47.6 Å². The lowest BCUT2D eigenvalue weighted by Gasteiger charge is -2.22. The van der Waals surface area contributed by atoms with Crippen molar-refractivity contribution in [2.45, 2.75) is 32.4 Å². The largest absolute Gasteiger partial charge is 0.494 e. The summed E-state index contributed by atoms with van der Waals surface area (Å²) in [4.78, 5) is 2.42. The summed E-state index contributed by atoms with van der Waals surface area (Å²) in [6.07, 6.45) is 6.77. The fourth-order valence-electron chi connectivity index (χ4n) is 3.03. The van der Waals surface area contributed by atoms with Crippen molar-refractivity contribution in [1.29, 1.82) is 0 Å². The molecule has 1 fully saturated rings. The van der Waals surface area contributed by atoms with E-state index >= 15 is 0 Å². The van der Waals surface area contributed by atoms with E-state index in [-0.39, 0.29) is 0 Å². The van der Waals surface area contributed by atoms with E-state index in [0.29, 0.717) is 6.10 Å². The SMILES string of the molecule is CCN(Cc1cnn(-c2ccccc2OC)c1)C[C@H]1CCCO1. The van der Waals surface area contributed by atoms with E-state index < -0.39 is 0 Å². The molecule has 1 aromatic carbocycles. The van der Waals surface area contributed by atoms with Crippen molar-refractivity contribution >= 4 is 0 Å². The van der Waals surface area contributed by atoms with Gasteiger partial charge in [-0.15, -0.1) is 0 Å². The molecular weight excluding hydrogens is 290 g/mol. The van der Waals surface area contributed by atoms with Gasteiger partial charge in [0, 0.05) is 31.5 Å². The number of hydrogen-bond donors (Lipinski definition) is 0. The summed E-state index contributed by atoms with van der Waals surface area (Å²) in [6, 6.07) is 7.92. The number of nitrogens with zero attached hydrogens (tertiary/aromatic N) is 3. The van der Waals surface area contributed by atoms with Crippen molar-refractivity contribution < 1.29 is 9.47 Å². The van der Waals surface area contributed by atoms with Crippen LogP contribution in [0, 0.1) is 0 Å². The van der Waals surface area contributed by atoms with Crippen molar-refractivity contribution in [1.82, 2.24) is 14.7 Å². The van der Waals surface area contributed by atoms with Crippen molar-refractivity contribution in [2.24, 2.45) is 0 Å². The van der Waals surface area contributed by atoms with Gasteiger partial charge < -0.3 is 9.47 Å². The Morgan fingerprint density at radius 3 is 3.00 bits per heavy atom. The summed E-state index contributed by atoms with van der Waals surface area (Å²) in [5.41, 5.74) is 2.17. The van der Waals surface area contributed by atoms with Crippen molar-refractivity contribution in [3.05, 3.63) is 42.2 Å². The second-order valence-electron chi connectivity index (χ2n) is 5.93. The van der Waals surface area contributed by atoms with Gasteiger partial charge in [0.25, 0.3) is 0 Å². The van der Waals surface area contributed by atoms with Crippen LogP contribution in [0.1, 0.15) is 25.3 Å². The maximum atomic E-state index is 5.75. The lowest BCUT2D eigenvalue weighted by atomic mass is 10.2. The minimum atomic E-state index is 0.388. The zero-order valence-corrected chi connectivity index (χ0v) is 13.9. The minimum Gasteiger partial charge on any atom is -0.494 e. The number of hydrogen-bond acceptors (Lipinski definition) is 4. The highest BCUT2D eigenvalue weighted by Crippen LogP contribution is 2.22. The first-order valence-corrected chi connectivity index (χ1v) is 8.31. The van der Waals surface area contributed by atoms with E-state index in [1.165, 1.54) is 18.4 Å². The number of methoxy groups -OCH3 is 1. The molecule has 0 amide bonds. The highest BCUT2D eigenvalue weighted by atomic mass is 16.5. The van der Waals surface area contributed by atoms with Crippen molar-refractivity contribution in [2.75, 3.05) is 26.8 Å². The number of likely N-dealkylation sites (N-methyl/N-ethyl adjacent to an activating group) is 1. The molecule has 0 aliphatic carbocycles. The third-order valence-electron chi connectivity index (χ3n) is 4.31. The first-order chi connectivity index (χ1) is 11.3. The van der Waals surface area contributed by atoms with Gasteiger partial charge in [0.15, 0.2) is 0 Å². The molecule has 5 nitrogen and oxygen atoms in total. The van der Waals surface area contributed by atoms with Gasteiger partial charge in [0.1, 0.15) is 11.4 Å². The standard InChI is InChI=1S/C18H25N3O2/c1-3-20(14-16-7-6-10-23-16)12-15-11-19-21(13-15)17-8-4-5-9-18(17)22-2/h4-5,8-9,11,13,16H,3,6-7,10,12,14H2,1-2H3/t16-/m1/s1. The highest BCUT2D eigenvalue weighted by Gasteiger charge is 2.19. The fraction of sp³-hybridized carbons (Fsp3) is 0.500. The normalized spacial score (nSPS) is 17.8. The van der Waals surface area contributed by atoms with Gasteiger partial charge >= 0.3 is 0 Å². The zero-order valence-electron chi connectivity index (χ0n) is 13.9. The van der Waals surface area contributed by atoms with Gasteiger partial charge in [-0.1, -0.05) is 19.1 Å². The Kier molecular flexibility index (Phi) is 5.31. The number of ether oxygens (including phenoxy) is 2. The summed E-state index contributed by atoms with van der Waals surface area (Å²) >= 11 is 0. The van der Waals surface area contributed by atoms with Crippen LogP contribution in [-0.2, 0) is 11.3 Å². The Morgan fingerprint density at radius 1 is 1.39 bits per heavy atom. The number of rotatable bonds is 7. The third-order valence-corrected chi connectivity index (χ3v) is 4.31. The molecular formula is C18H25N3O2. The van der Waals surface area contributed by atoms with Crippen LogP contribution in [0.4, 0.5) is 0 Å². The molecule has 1 aliphatic rings. The molecule has 3 rings (SSSR count). The van der Waals surface area contributed by atoms with Crippen molar-refractivity contribution in [3.8, 4) is 11.4 Å². The minimum absolute atomic E-state index is 0.388. The fourth-order valence-corrected chi connectivity index (χ4v) is 3.03. The van der Waals surface area contributed by atoms with Gasteiger partial charge in [-0.3, -0.25) is 4.90 Å². The van der Waals surface area contributed by atoms with Crippen LogP contribution < -0.4 is 4.74 Å². The van der Waals surface area contributed by atoms with Crippen LogP contribution in [0.25, 0.3) is 5.69 Å². The third kappa shape index (κ3) is 3.92. The Labute approximate surface area is 137 Å². The molecule has 0 spiro atoms. The Hall–Kier alpha value is -1.85. The molecule has 0 radical (unpaired) electrons. The summed E-state index contributed by atoms with van der Waals surface area (Å²) in [5, 5.41) is 4.49. The van der Waals surface area contributed by atoms with Gasteiger partial charge in [0.2, 0.25) is 0 Å². The van der Waals surface area contributed by atoms with E-state index in [9.17, 15) is 0 Å². The lowest BCUT2D eigenvalue weighted by Crippen LogP contribution is -2.31. The van der Waals surface area contributed by atoms with Crippen LogP contribution >= 0.6 is 0 Å². The first-order valence-electron chi connectivity index (χ1n) is 8.31. The molecule has 0 unspecified atom stereocenters. The second-order valence-corrected chi connectivity index (χ2v) is 5.93. The van der Waals surface area contributed by atoms with Gasteiger partial charge in [-0.05, 0) is 31.5 Å². The molecule has 124 valence electrons. The van der Waals surface area contributed by atoms with Gasteiger partial charge in [-0.2, -0.15) is 5.10 Å². The number of aromatic nitrogens is 2. The smallest absolute Gasteiger partial charge is 0.144 e. The molecule has 1 atom stereocenters. The lowest BCUT2D eigenvalue weighted by molar-refractivity contribution is 0.0725. The topological polar surface area (TPSA) is 39.5 Å². The number of benzene rings is 1. The molecule has 0 saturated carbocycles. The van der Waals surface area contributed by atoms with Crippen LogP contribution in [0.2, 0.25) is 0 Å². The summed E-state index contributed by atoms with van der Waals surface area (Å²) in [7, 11) is 1.68. The molecule has 5 heteroatoms. The molecule has 2 heterocycles. The average Bonchev–Trinajstić information content (AvgIpc) is 3.26. The van der Waals surface area contributed by atoms with E-state index in [2.05, 4.69) is 23.1 Å². The molecule has 1 aliphatic heterocycles. The highest BCUT2D eigenvalue weighted by molar-refractivity contribution is 5.46. The predicted octanol–water partition coefficient (Wildman–Crippen LogP) is 2.88. The van der Waals surface area contributed by atoms with E-state index in [4.69, 9.17) is 9.47 Å².